The van der Waals surface area contributed by atoms with E-state index >= 15 is 0 Å². The fraction of sp³-hybridized carbons (Fsp3) is 0.0500. The van der Waals surface area contributed by atoms with Gasteiger partial charge in [-0.25, -0.2) is 4.98 Å². The summed E-state index contributed by atoms with van der Waals surface area (Å²) in [5.74, 6) is 0.369. The summed E-state index contributed by atoms with van der Waals surface area (Å²) >= 11 is 0. The highest BCUT2D eigenvalue weighted by atomic mass is 16.6. The van der Waals surface area contributed by atoms with Gasteiger partial charge in [-0.2, -0.15) is 0 Å². The summed E-state index contributed by atoms with van der Waals surface area (Å²) in [5, 5.41) is 12.2. The van der Waals surface area contributed by atoms with Crippen molar-refractivity contribution in [2.24, 2.45) is 0 Å². The second kappa shape index (κ2) is 6.68. The molecule has 0 unspecified atom stereocenters. The van der Waals surface area contributed by atoms with Crippen LogP contribution in [0.1, 0.15) is 5.56 Å². The minimum absolute atomic E-state index is 0.0698. The maximum absolute atomic E-state index is 11.2. The Balaban J connectivity index is 1.79. The van der Waals surface area contributed by atoms with E-state index in [0.717, 1.165) is 22.0 Å². The molecule has 128 valence electrons. The first kappa shape index (κ1) is 15.8. The van der Waals surface area contributed by atoms with Crippen LogP contribution >= 0.6 is 0 Å². The standard InChI is InChI=1S/C20H15N3O3/c24-23(25)15-11-18(16-7-4-8-19-17(16)9-10-21-19)20(22-12-15)26-13-14-5-2-1-3-6-14/h1-12,21H,13H2. The van der Waals surface area contributed by atoms with Crippen molar-refractivity contribution >= 4 is 16.6 Å². The summed E-state index contributed by atoms with van der Waals surface area (Å²) in [7, 11) is 0. The molecule has 6 nitrogen and oxygen atoms in total. The van der Waals surface area contributed by atoms with Crippen LogP contribution in [0.3, 0.4) is 0 Å². The van der Waals surface area contributed by atoms with Crippen molar-refractivity contribution in [2.45, 2.75) is 6.61 Å². The Morgan fingerprint density at radius 1 is 1.04 bits per heavy atom. The van der Waals surface area contributed by atoms with E-state index in [2.05, 4.69) is 9.97 Å². The maximum atomic E-state index is 11.2. The van der Waals surface area contributed by atoms with Gasteiger partial charge in [0.05, 0.1) is 10.5 Å². The van der Waals surface area contributed by atoms with Crippen LogP contribution in [0.15, 0.2) is 73.1 Å². The molecule has 2 aromatic heterocycles. The first-order valence-electron chi connectivity index (χ1n) is 8.10. The Bertz CT molecular complexity index is 1070. The van der Waals surface area contributed by atoms with Crippen LogP contribution < -0.4 is 4.74 Å². The fourth-order valence-corrected chi connectivity index (χ4v) is 2.90. The SMILES string of the molecule is O=[N+]([O-])c1cnc(OCc2ccccc2)c(-c2cccc3[nH]ccc23)c1. The van der Waals surface area contributed by atoms with Gasteiger partial charge in [-0.15, -0.1) is 0 Å². The molecule has 0 fully saturated rings. The monoisotopic (exact) mass is 345 g/mol. The van der Waals surface area contributed by atoms with E-state index in [1.165, 1.54) is 12.3 Å². The van der Waals surface area contributed by atoms with Gasteiger partial charge in [0.2, 0.25) is 5.88 Å². The highest BCUT2D eigenvalue weighted by molar-refractivity contribution is 5.96. The molecule has 0 radical (unpaired) electrons. The number of nitrogens with one attached hydrogen (secondary N) is 1. The van der Waals surface area contributed by atoms with Gasteiger partial charge < -0.3 is 9.72 Å². The molecule has 0 saturated carbocycles. The molecule has 0 amide bonds. The second-order valence-corrected chi connectivity index (χ2v) is 5.82. The second-order valence-electron chi connectivity index (χ2n) is 5.82. The lowest BCUT2D eigenvalue weighted by Gasteiger charge is -2.11. The first-order valence-corrected chi connectivity index (χ1v) is 8.10. The molecule has 0 saturated heterocycles. The molecule has 0 bridgehead atoms. The minimum Gasteiger partial charge on any atom is -0.472 e. The van der Waals surface area contributed by atoms with Gasteiger partial charge >= 0.3 is 0 Å². The predicted molar refractivity (Wildman–Crippen MR) is 99.0 cm³/mol. The summed E-state index contributed by atoms with van der Waals surface area (Å²) in [4.78, 5) is 18.1. The topological polar surface area (TPSA) is 81.1 Å². The summed E-state index contributed by atoms with van der Waals surface area (Å²) in [5.41, 5.74) is 3.31. The van der Waals surface area contributed by atoms with Crippen LogP contribution in [-0.4, -0.2) is 14.9 Å². The van der Waals surface area contributed by atoms with E-state index in [1.54, 1.807) is 0 Å². The number of benzene rings is 2. The highest BCUT2D eigenvalue weighted by Crippen LogP contribution is 2.36. The summed E-state index contributed by atoms with van der Waals surface area (Å²) in [6.45, 7) is 0.335. The van der Waals surface area contributed by atoms with Gasteiger partial charge in [-0.1, -0.05) is 42.5 Å². The maximum Gasteiger partial charge on any atom is 0.288 e. The Morgan fingerprint density at radius 3 is 2.69 bits per heavy atom. The van der Waals surface area contributed by atoms with Crippen LogP contribution in [0.25, 0.3) is 22.0 Å². The molecule has 1 N–H and O–H groups in total. The number of hydrogen-bond donors (Lipinski definition) is 1. The molecular weight excluding hydrogens is 330 g/mol. The fourth-order valence-electron chi connectivity index (χ4n) is 2.90. The molecule has 0 aliphatic carbocycles. The lowest BCUT2D eigenvalue weighted by atomic mass is 10.0. The normalized spacial score (nSPS) is 10.8. The van der Waals surface area contributed by atoms with Crippen molar-refractivity contribution in [1.29, 1.82) is 0 Å². The van der Waals surface area contributed by atoms with Gasteiger partial charge in [0.15, 0.2) is 0 Å². The van der Waals surface area contributed by atoms with Gasteiger partial charge in [0, 0.05) is 23.2 Å². The lowest BCUT2D eigenvalue weighted by Crippen LogP contribution is -2.00. The van der Waals surface area contributed by atoms with Crippen LogP contribution in [0.5, 0.6) is 5.88 Å². The van der Waals surface area contributed by atoms with E-state index < -0.39 is 4.92 Å². The Labute approximate surface area is 149 Å². The third kappa shape index (κ3) is 3.00. The zero-order valence-electron chi connectivity index (χ0n) is 13.8. The zero-order valence-corrected chi connectivity index (χ0v) is 13.8. The number of nitrogens with zero attached hydrogens (tertiary/aromatic N) is 2. The Morgan fingerprint density at radius 2 is 1.88 bits per heavy atom. The van der Waals surface area contributed by atoms with Crippen molar-refractivity contribution in [3.63, 3.8) is 0 Å². The van der Waals surface area contributed by atoms with Gasteiger partial charge in [-0.3, -0.25) is 10.1 Å². The smallest absolute Gasteiger partial charge is 0.288 e. The van der Waals surface area contributed by atoms with Gasteiger partial charge in [-0.05, 0) is 23.3 Å². The van der Waals surface area contributed by atoms with Crippen LogP contribution in [0.2, 0.25) is 0 Å². The zero-order chi connectivity index (χ0) is 17.9. The van der Waals surface area contributed by atoms with E-state index in [9.17, 15) is 10.1 Å². The molecule has 2 aromatic carbocycles. The Kier molecular flexibility index (Phi) is 4.07. The quantitative estimate of drug-likeness (QED) is 0.419. The summed E-state index contributed by atoms with van der Waals surface area (Å²) < 4.78 is 5.89. The summed E-state index contributed by atoms with van der Waals surface area (Å²) in [6, 6.07) is 18.9. The number of pyridine rings is 1. The van der Waals surface area contributed by atoms with Crippen molar-refractivity contribution in [1.82, 2.24) is 9.97 Å². The van der Waals surface area contributed by atoms with Crippen LogP contribution in [0, 0.1) is 10.1 Å². The third-order valence-corrected chi connectivity index (χ3v) is 4.15. The molecule has 2 heterocycles. The number of aromatic nitrogens is 2. The van der Waals surface area contributed by atoms with Crippen molar-refractivity contribution < 1.29 is 9.66 Å². The first-order chi connectivity index (χ1) is 12.7. The molecule has 0 aliphatic heterocycles. The number of nitro groups is 1. The van der Waals surface area contributed by atoms with Gasteiger partial charge in [0.25, 0.3) is 5.69 Å². The van der Waals surface area contributed by atoms with E-state index in [4.69, 9.17) is 4.74 Å². The Hall–Kier alpha value is -3.67. The van der Waals surface area contributed by atoms with Crippen molar-refractivity contribution in [3.05, 3.63) is 88.7 Å². The number of aromatic amines is 1. The molecular formula is C20H15N3O3. The van der Waals surface area contributed by atoms with Crippen LogP contribution in [0.4, 0.5) is 5.69 Å². The molecule has 0 spiro atoms. The van der Waals surface area contributed by atoms with Crippen LogP contribution in [-0.2, 0) is 6.61 Å². The minimum atomic E-state index is -0.450. The molecule has 0 aliphatic rings. The molecule has 26 heavy (non-hydrogen) atoms. The number of fused-ring (bicyclic) bond motifs is 1. The summed E-state index contributed by atoms with van der Waals surface area (Å²) in [6.07, 6.45) is 3.06. The van der Waals surface area contributed by atoms with E-state index in [-0.39, 0.29) is 5.69 Å². The lowest BCUT2D eigenvalue weighted by molar-refractivity contribution is -0.385. The van der Waals surface area contributed by atoms with E-state index in [1.807, 2.05) is 60.8 Å². The average molecular weight is 345 g/mol. The average Bonchev–Trinajstić information content (AvgIpc) is 3.16. The van der Waals surface area contributed by atoms with Gasteiger partial charge in [0.1, 0.15) is 12.8 Å². The van der Waals surface area contributed by atoms with E-state index in [0.29, 0.717) is 18.1 Å². The molecule has 0 atom stereocenters. The largest absolute Gasteiger partial charge is 0.472 e. The number of rotatable bonds is 5. The molecule has 4 rings (SSSR count). The third-order valence-electron chi connectivity index (χ3n) is 4.15. The van der Waals surface area contributed by atoms with Crippen molar-refractivity contribution in [2.75, 3.05) is 0 Å². The van der Waals surface area contributed by atoms with Crippen molar-refractivity contribution in [3.8, 4) is 17.0 Å². The number of hydrogen-bond acceptors (Lipinski definition) is 4. The highest BCUT2D eigenvalue weighted by Gasteiger charge is 2.17. The predicted octanol–water partition coefficient (Wildman–Crippen LogP) is 4.72. The molecule has 4 aromatic rings. The molecule has 6 heteroatoms. The number of ether oxygens (including phenoxy) is 1. The number of H-pyrrole nitrogens is 1.